The molecule has 1 aliphatic heterocycles. The van der Waals surface area contributed by atoms with Gasteiger partial charge in [-0.3, -0.25) is 5.32 Å². The minimum absolute atomic E-state index is 0.252. The molecular weight excluding hydrogens is 528 g/mol. The van der Waals surface area contributed by atoms with Crippen LogP contribution in [0.3, 0.4) is 0 Å². The highest BCUT2D eigenvalue weighted by Gasteiger charge is 2.25. The highest BCUT2D eigenvalue weighted by Crippen LogP contribution is 2.29. The number of hydrogen-bond donors (Lipinski definition) is 3. The van der Waals surface area contributed by atoms with E-state index < -0.39 is 22.1 Å². The van der Waals surface area contributed by atoms with Crippen molar-refractivity contribution in [3.05, 3.63) is 83.6 Å². The largest absolute Gasteiger partial charge is 0.331 e. The van der Waals surface area contributed by atoms with Gasteiger partial charge in [0.25, 0.3) is 0 Å². The Morgan fingerprint density at radius 2 is 1.68 bits per heavy atom. The lowest BCUT2D eigenvalue weighted by Crippen LogP contribution is -2.44. The number of amides is 4. The van der Waals surface area contributed by atoms with Crippen LogP contribution in [0, 0.1) is 0 Å². The number of hydrogen-bond acceptors (Lipinski definition) is 5. The Kier molecular flexibility index (Phi) is 7.01. The smallest absolute Gasteiger partial charge is 0.319 e. The average molecular weight is 561 g/mol. The van der Waals surface area contributed by atoms with Crippen LogP contribution in [0.15, 0.2) is 66.7 Å². The molecule has 0 bridgehead atoms. The fraction of sp³-hybridized carbons (Fsp3) is 0.276. The first-order chi connectivity index (χ1) is 18.9. The number of nitrogens with one attached hydrogen (secondary N) is 3. The maximum Gasteiger partial charge on any atom is 0.331 e. The molecule has 0 aliphatic carbocycles. The Morgan fingerprint density at radius 1 is 0.925 bits per heavy atom. The number of benzene rings is 3. The first kappa shape index (κ1) is 27.2. The van der Waals surface area contributed by atoms with Crippen molar-refractivity contribution in [3.8, 4) is 5.69 Å². The van der Waals surface area contributed by atoms with Crippen molar-refractivity contribution in [2.75, 3.05) is 23.4 Å². The van der Waals surface area contributed by atoms with E-state index in [-0.39, 0.29) is 12.0 Å². The predicted molar refractivity (Wildman–Crippen MR) is 156 cm³/mol. The summed E-state index contributed by atoms with van der Waals surface area (Å²) in [6, 6.07) is 20.2. The number of urea groups is 2. The molecule has 0 saturated carbocycles. The third-order valence-electron chi connectivity index (χ3n) is 6.76. The molecule has 0 fully saturated rings. The van der Waals surface area contributed by atoms with Gasteiger partial charge < -0.3 is 10.2 Å². The number of anilines is 2. The van der Waals surface area contributed by atoms with Crippen LogP contribution in [0.2, 0.25) is 0 Å². The second-order valence-electron chi connectivity index (χ2n) is 11.0. The van der Waals surface area contributed by atoms with Gasteiger partial charge in [0.15, 0.2) is 0 Å². The number of rotatable bonds is 4. The quantitative estimate of drug-likeness (QED) is 0.324. The Morgan fingerprint density at radius 3 is 2.42 bits per heavy atom. The number of aromatic nitrogens is 2. The third kappa shape index (κ3) is 5.94. The molecule has 1 aliphatic rings. The van der Waals surface area contributed by atoms with Gasteiger partial charge in [0.1, 0.15) is 5.82 Å². The molecule has 3 aromatic carbocycles. The van der Waals surface area contributed by atoms with Gasteiger partial charge in [-0.15, -0.1) is 0 Å². The van der Waals surface area contributed by atoms with Gasteiger partial charge in [-0.2, -0.15) is 5.10 Å². The molecule has 208 valence electrons. The molecule has 2 heterocycles. The van der Waals surface area contributed by atoms with Gasteiger partial charge in [-0.05, 0) is 41.1 Å². The van der Waals surface area contributed by atoms with Gasteiger partial charge in [0.05, 0.1) is 23.3 Å². The van der Waals surface area contributed by atoms with E-state index in [1.165, 1.54) is 4.90 Å². The van der Waals surface area contributed by atoms with Crippen LogP contribution in [-0.4, -0.2) is 48.0 Å². The molecule has 0 atom stereocenters. The minimum atomic E-state index is -3.67. The van der Waals surface area contributed by atoms with Gasteiger partial charge in [0.2, 0.25) is 10.0 Å². The van der Waals surface area contributed by atoms with Crippen LogP contribution < -0.4 is 15.4 Å². The summed E-state index contributed by atoms with van der Waals surface area (Å²) in [6.45, 7) is 6.80. The highest BCUT2D eigenvalue weighted by molar-refractivity contribution is 7.89. The van der Waals surface area contributed by atoms with Crippen LogP contribution >= 0.6 is 0 Å². The first-order valence-electron chi connectivity index (χ1n) is 12.9. The van der Waals surface area contributed by atoms with Crippen molar-refractivity contribution < 1.29 is 18.0 Å². The molecule has 0 saturated heterocycles. The Bertz CT molecular complexity index is 1720. The Labute approximate surface area is 233 Å². The summed E-state index contributed by atoms with van der Waals surface area (Å²) >= 11 is 0. The monoisotopic (exact) mass is 560 g/mol. The number of fused-ring (bicyclic) bond motifs is 2. The maximum atomic E-state index is 13.2. The molecule has 10 nitrogen and oxygen atoms in total. The van der Waals surface area contributed by atoms with Gasteiger partial charge in [-0.1, -0.05) is 63.2 Å². The zero-order valence-corrected chi connectivity index (χ0v) is 23.7. The molecule has 0 unspecified atom stereocenters. The van der Waals surface area contributed by atoms with Crippen LogP contribution in [-0.2, 0) is 28.4 Å². The number of nitrogens with zero attached hydrogens (tertiary/aromatic N) is 3. The summed E-state index contributed by atoms with van der Waals surface area (Å²) in [5.41, 5.74) is 3.87. The van der Waals surface area contributed by atoms with Crippen LogP contribution in [0.5, 0.6) is 0 Å². The van der Waals surface area contributed by atoms with E-state index in [4.69, 9.17) is 5.10 Å². The minimum Gasteiger partial charge on any atom is -0.319 e. The lowest BCUT2D eigenvalue weighted by atomic mass is 9.92. The first-order valence-corrected chi connectivity index (χ1v) is 14.8. The van der Waals surface area contributed by atoms with Crippen molar-refractivity contribution in [2.24, 2.45) is 0 Å². The lowest BCUT2D eigenvalue weighted by Gasteiger charge is -2.29. The fourth-order valence-corrected chi connectivity index (χ4v) is 5.16. The van der Waals surface area contributed by atoms with E-state index in [9.17, 15) is 18.0 Å². The second kappa shape index (κ2) is 10.3. The molecule has 4 aromatic rings. The maximum absolute atomic E-state index is 13.2. The number of sulfonamides is 1. The van der Waals surface area contributed by atoms with Crippen molar-refractivity contribution >= 4 is 44.4 Å². The highest BCUT2D eigenvalue weighted by atomic mass is 32.2. The van der Waals surface area contributed by atoms with E-state index in [0.717, 1.165) is 33.8 Å². The summed E-state index contributed by atoms with van der Waals surface area (Å²) in [4.78, 5) is 27.1. The molecule has 11 heteroatoms. The molecule has 4 amide bonds. The standard InChI is InChI=1S/C29H32N6O4S/c1-29(2,3)25-17-26(31-27(36)30-24-11-7-9-20-8-5-6-10-23(20)24)35(32-25)22-13-12-19-14-15-34(18-21(19)16-22)28(37)33-40(4,38)39/h5-13,16-17H,14-15,18H2,1-4H3,(H,33,37)(H2,30,31,36). The van der Waals surface area contributed by atoms with E-state index in [0.29, 0.717) is 30.2 Å². The normalized spacial score (nSPS) is 13.6. The summed E-state index contributed by atoms with van der Waals surface area (Å²) in [6.07, 6.45) is 1.55. The second-order valence-corrected chi connectivity index (χ2v) is 12.7. The molecule has 3 N–H and O–H groups in total. The summed E-state index contributed by atoms with van der Waals surface area (Å²) in [7, 11) is -3.67. The van der Waals surface area contributed by atoms with E-state index in [1.54, 1.807) is 4.68 Å². The third-order valence-corrected chi connectivity index (χ3v) is 7.31. The predicted octanol–water partition coefficient (Wildman–Crippen LogP) is 4.99. The van der Waals surface area contributed by atoms with Gasteiger partial charge in [-0.25, -0.2) is 27.4 Å². The zero-order valence-electron chi connectivity index (χ0n) is 22.9. The molecule has 1 aromatic heterocycles. The average Bonchev–Trinajstić information content (AvgIpc) is 3.31. The lowest BCUT2D eigenvalue weighted by molar-refractivity contribution is 0.198. The summed E-state index contributed by atoms with van der Waals surface area (Å²) in [5, 5.41) is 12.7. The van der Waals surface area contributed by atoms with Crippen LogP contribution in [0.1, 0.15) is 37.6 Å². The SMILES string of the molecule is CC(C)(C)c1cc(NC(=O)Nc2cccc3ccccc23)n(-c2ccc3c(c2)CN(C(=O)NS(C)(=O)=O)CC3)n1. The van der Waals surface area contributed by atoms with E-state index in [2.05, 4.69) is 10.6 Å². The number of carbonyl (C=O) groups excluding carboxylic acids is 2. The van der Waals surface area contributed by atoms with Gasteiger partial charge >= 0.3 is 12.1 Å². The van der Waals surface area contributed by atoms with Gasteiger partial charge in [0, 0.05) is 30.0 Å². The topological polar surface area (TPSA) is 125 Å². The molecular formula is C29H32N6O4S. The van der Waals surface area contributed by atoms with Crippen molar-refractivity contribution in [3.63, 3.8) is 0 Å². The zero-order chi connectivity index (χ0) is 28.7. The van der Waals surface area contributed by atoms with Crippen LogP contribution in [0.4, 0.5) is 21.1 Å². The molecule has 0 spiro atoms. The van der Waals surface area contributed by atoms with E-state index in [1.807, 2.05) is 92.2 Å². The number of carbonyl (C=O) groups is 2. The Balaban J connectivity index is 1.43. The van der Waals surface area contributed by atoms with Crippen molar-refractivity contribution in [2.45, 2.75) is 39.2 Å². The molecule has 40 heavy (non-hydrogen) atoms. The van der Waals surface area contributed by atoms with Crippen molar-refractivity contribution in [1.29, 1.82) is 0 Å². The Hall–Kier alpha value is -4.38. The van der Waals surface area contributed by atoms with Crippen molar-refractivity contribution in [1.82, 2.24) is 19.4 Å². The summed E-state index contributed by atoms with van der Waals surface area (Å²) < 4.78 is 26.8. The molecule has 5 rings (SSSR count). The fourth-order valence-electron chi connectivity index (χ4n) is 4.71. The van der Waals surface area contributed by atoms with Crippen LogP contribution in [0.25, 0.3) is 16.5 Å². The van der Waals surface area contributed by atoms with E-state index >= 15 is 0 Å². The summed E-state index contributed by atoms with van der Waals surface area (Å²) in [5.74, 6) is 0.491. The molecule has 0 radical (unpaired) electrons.